The minimum absolute atomic E-state index is 0.00587. The number of likely N-dealkylation sites (tertiary alicyclic amines) is 1. The Morgan fingerprint density at radius 2 is 1.68 bits per heavy atom. The Morgan fingerprint density at radius 1 is 0.955 bits per heavy atom. The Hall–Kier alpha value is -4.84. The highest BCUT2D eigenvalue weighted by atomic mass is 32.2. The number of thioether (sulfide) groups is 1. The maximum atomic E-state index is 13.2. The standard InChI is InChI=1S/C32H32N2O9S/c1-20(35)44-28(16-21-10-12-25(13-11-21)43-32(41)42-19-22-6-3-2-4-7-22)30(38)33-18-29(37)34-26(14-15-27(34)31(39)40)23-8-5-9-24(36)17-23/h2-13,17,26-28,36H,14-16,18-19H2,1H3,(H,33,38)(H,39,40)/t26?,27-,28?/m0/s1. The topological polar surface area (TPSA) is 160 Å². The third-order valence-corrected chi connectivity index (χ3v) is 7.97. The number of phenols is 1. The molecule has 3 aromatic rings. The van der Waals surface area contributed by atoms with Crippen LogP contribution in [0.1, 0.15) is 42.5 Å². The van der Waals surface area contributed by atoms with Crippen LogP contribution in [0, 0.1) is 0 Å². The number of hydrogen-bond acceptors (Lipinski definition) is 9. The van der Waals surface area contributed by atoms with Crippen LogP contribution in [0.4, 0.5) is 4.79 Å². The van der Waals surface area contributed by atoms with Crippen molar-refractivity contribution in [3.63, 3.8) is 0 Å². The van der Waals surface area contributed by atoms with E-state index in [9.17, 15) is 34.2 Å². The lowest BCUT2D eigenvalue weighted by atomic mass is 10.0. The zero-order valence-corrected chi connectivity index (χ0v) is 24.7. The van der Waals surface area contributed by atoms with E-state index in [0.29, 0.717) is 17.5 Å². The van der Waals surface area contributed by atoms with Gasteiger partial charge in [-0.05, 0) is 60.2 Å². The molecule has 0 saturated carbocycles. The lowest BCUT2D eigenvalue weighted by Gasteiger charge is -2.29. The van der Waals surface area contributed by atoms with Gasteiger partial charge in [-0.25, -0.2) is 9.59 Å². The van der Waals surface area contributed by atoms with E-state index in [1.54, 1.807) is 24.3 Å². The zero-order valence-electron chi connectivity index (χ0n) is 23.9. The van der Waals surface area contributed by atoms with Crippen molar-refractivity contribution in [3.8, 4) is 11.5 Å². The summed E-state index contributed by atoms with van der Waals surface area (Å²) in [6.07, 6.45) is -0.128. The number of aliphatic carboxylic acids is 1. The predicted molar refractivity (Wildman–Crippen MR) is 161 cm³/mol. The summed E-state index contributed by atoms with van der Waals surface area (Å²) < 4.78 is 10.3. The van der Waals surface area contributed by atoms with E-state index in [0.717, 1.165) is 17.3 Å². The molecular formula is C32H32N2O9S. The van der Waals surface area contributed by atoms with Gasteiger partial charge in [-0.1, -0.05) is 66.4 Å². The van der Waals surface area contributed by atoms with Gasteiger partial charge in [0.2, 0.25) is 11.8 Å². The number of carbonyl (C=O) groups is 5. The van der Waals surface area contributed by atoms with Gasteiger partial charge in [-0.2, -0.15) is 0 Å². The fourth-order valence-electron chi connectivity index (χ4n) is 4.97. The number of carboxylic acids is 1. The minimum atomic E-state index is -1.16. The van der Waals surface area contributed by atoms with Crippen LogP contribution in [0.5, 0.6) is 11.5 Å². The summed E-state index contributed by atoms with van der Waals surface area (Å²) >= 11 is 0.807. The Labute approximate surface area is 258 Å². The SMILES string of the molecule is CC(=O)SC(Cc1ccc(OC(=O)OCc2ccccc2)cc1)C(=O)NCC(=O)N1C(c2cccc(O)c2)CC[C@H]1C(=O)O. The van der Waals surface area contributed by atoms with Crippen LogP contribution in [0.3, 0.4) is 0 Å². The van der Waals surface area contributed by atoms with Crippen molar-refractivity contribution in [2.75, 3.05) is 6.54 Å². The fourth-order valence-corrected chi connectivity index (χ4v) is 5.83. The molecule has 0 radical (unpaired) electrons. The van der Waals surface area contributed by atoms with Gasteiger partial charge in [0.25, 0.3) is 0 Å². The van der Waals surface area contributed by atoms with Gasteiger partial charge in [-0.15, -0.1) is 0 Å². The van der Waals surface area contributed by atoms with Gasteiger partial charge in [0.15, 0.2) is 5.12 Å². The van der Waals surface area contributed by atoms with Crippen molar-refractivity contribution in [2.45, 2.75) is 50.1 Å². The van der Waals surface area contributed by atoms with E-state index >= 15 is 0 Å². The Balaban J connectivity index is 1.35. The summed E-state index contributed by atoms with van der Waals surface area (Å²) in [6.45, 7) is 0.922. The van der Waals surface area contributed by atoms with E-state index < -0.39 is 47.8 Å². The molecule has 12 heteroatoms. The minimum Gasteiger partial charge on any atom is -0.508 e. The molecule has 1 fully saturated rings. The summed E-state index contributed by atoms with van der Waals surface area (Å²) in [7, 11) is 0. The van der Waals surface area contributed by atoms with Crippen LogP contribution in [-0.2, 0) is 36.9 Å². The van der Waals surface area contributed by atoms with Crippen LogP contribution < -0.4 is 10.1 Å². The number of ether oxygens (including phenoxy) is 2. The number of aromatic hydroxyl groups is 1. The molecule has 3 N–H and O–H groups in total. The molecule has 230 valence electrons. The predicted octanol–water partition coefficient (Wildman–Crippen LogP) is 4.23. The lowest BCUT2D eigenvalue weighted by Crippen LogP contribution is -2.47. The summed E-state index contributed by atoms with van der Waals surface area (Å²) in [6, 6.07) is 20.1. The van der Waals surface area contributed by atoms with E-state index in [1.165, 1.54) is 36.1 Å². The van der Waals surface area contributed by atoms with Crippen molar-refractivity contribution < 1.29 is 43.7 Å². The second kappa shape index (κ2) is 15.1. The van der Waals surface area contributed by atoms with Crippen molar-refractivity contribution >= 4 is 40.8 Å². The molecule has 1 heterocycles. The highest BCUT2D eigenvalue weighted by molar-refractivity contribution is 8.14. The zero-order chi connectivity index (χ0) is 31.6. The van der Waals surface area contributed by atoms with Gasteiger partial charge in [0.05, 0.1) is 17.8 Å². The molecule has 3 aromatic carbocycles. The van der Waals surface area contributed by atoms with E-state index in [1.807, 2.05) is 30.3 Å². The van der Waals surface area contributed by atoms with Gasteiger partial charge in [-0.3, -0.25) is 14.4 Å². The van der Waals surface area contributed by atoms with Gasteiger partial charge in [0.1, 0.15) is 24.1 Å². The first kappa shape index (κ1) is 32.1. The molecule has 11 nitrogen and oxygen atoms in total. The first-order valence-corrected chi connectivity index (χ1v) is 14.7. The molecule has 3 atom stereocenters. The maximum Gasteiger partial charge on any atom is 0.514 e. The molecule has 2 unspecified atom stereocenters. The fraction of sp³-hybridized carbons (Fsp3) is 0.281. The number of nitrogens with zero attached hydrogens (tertiary/aromatic N) is 1. The highest BCUT2D eigenvalue weighted by Gasteiger charge is 2.41. The van der Waals surface area contributed by atoms with E-state index in [-0.39, 0.29) is 36.1 Å². The number of benzene rings is 3. The number of phenolic OH excluding ortho intramolecular Hbond substituents is 1. The molecule has 4 rings (SSSR count). The molecule has 0 bridgehead atoms. The van der Waals surface area contributed by atoms with Gasteiger partial charge < -0.3 is 29.9 Å². The molecule has 1 aliphatic heterocycles. The Kier molecular flexibility index (Phi) is 11.0. The second-order valence-electron chi connectivity index (χ2n) is 10.1. The summed E-state index contributed by atoms with van der Waals surface area (Å²) in [5.41, 5.74) is 2.08. The maximum absolute atomic E-state index is 13.2. The van der Waals surface area contributed by atoms with Crippen LogP contribution in [0.25, 0.3) is 0 Å². The van der Waals surface area contributed by atoms with Crippen molar-refractivity contribution in [1.29, 1.82) is 0 Å². The van der Waals surface area contributed by atoms with Crippen molar-refractivity contribution in [2.24, 2.45) is 0 Å². The molecule has 44 heavy (non-hydrogen) atoms. The van der Waals surface area contributed by atoms with Crippen LogP contribution in [0.2, 0.25) is 0 Å². The molecule has 0 spiro atoms. The average molecular weight is 621 g/mol. The number of amides is 2. The van der Waals surface area contributed by atoms with Crippen LogP contribution in [0.15, 0.2) is 78.9 Å². The van der Waals surface area contributed by atoms with E-state index in [2.05, 4.69) is 5.32 Å². The third-order valence-electron chi connectivity index (χ3n) is 6.97. The quantitative estimate of drug-likeness (QED) is 0.209. The molecule has 2 amide bonds. The number of nitrogens with one attached hydrogen (secondary N) is 1. The highest BCUT2D eigenvalue weighted by Crippen LogP contribution is 2.37. The normalized spacial score (nSPS) is 16.5. The largest absolute Gasteiger partial charge is 0.514 e. The molecule has 1 saturated heterocycles. The average Bonchev–Trinajstić information content (AvgIpc) is 3.46. The van der Waals surface area contributed by atoms with E-state index in [4.69, 9.17) is 9.47 Å². The smallest absolute Gasteiger partial charge is 0.508 e. The van der Waals surface area contributed by atoms with Gasteiger partial charge >= 0.3 is 12.1 Å². The Bertz CT molecular complexity index is 1500. The molecule has 1 aliphatic rings. The number of rotatable bonds is 11. The molecular weight excluding hydrogens is 588 g/mol. The van der Waals surface area contributed by atoms with Crippen molar-refractivity contribution in [3.05, 3.63) is 95.6 Å². The number of carboxylic acid groups (broad SMARTS) is 1. The summed E-state index contributed by atoms with van der Waals surface area (Å²) in [5, 5.41) is 21.0. The third kappa shape index (κ3) is 8.83. The molecule has 0 aliphatic carbocycles. The lowest BCUT2D eigenvalue weighted by molar-refractivity contribution is -0.149. The first-order valence-electron chi connectivity index (χ1n) is 13.9. The monoisotopic (exact) mass is 620 g/mol. The number of hydrogen-bond donors (Lipinski definition) is 3. The second-order valence-corrected chi connectivity index (χ2v) is 11.5. The molecule has 0 aromatic heterocycles. The van der Waals surface area contributed by atoms with Crippen LogP contribution >= 0.6 is 11.8 Å². The summed E-state index contributed by atoms with van der Waals surface area (Å²) in [5.74, 6) is -2.09. The summed E-state index contributed by atoms with van der Waals surface area (Å²) in [4.78, 5) is 63.5. The van der Waals surface area contributed by atoms with Crippen LogP contribution in [-0.4, -0.2) is 62.0 Å². The van der Waals surface area contributed by atoms with Gasteiger partial charge in [0, 0.05) is 6.92 Å². The Morgan fingerprint density at radius 3 is 2.34 bits per heavy atom. The van der Waals surface area contributed by atoms with Crippen molar-refractivity contribution in [1.82, 2.24) is 10.2 Å². The number of carbonyl (C=O) groups excluding carboxylic acids is 4. The first-order chi connectivity index (χ1) is 21.1.